The predicted octanol–water partition coefficient (Wildman–Crippen LogP) is 1.90. The fraction of sp³-hybridized carbons (Fsp3) is 0.333. The molecule has 0 aliphatic heterocycles. The van der Waals surface area contributed by atoms with Gasteiger partial charge < -0.3 is 10.6 Å². The molecule has 0 saturated heterocycles. The summed E-state index contributed by atoms with van der Waals surface area (Å²) < 4.78 is 27.3. The van der Waals surface area contributed by atoms with Gasteiger partial charge in [0.15, 0.2) is 0 Å². The maximum Gasteiger partial charge on any atom is 0.243 e. The highest BCUT2D eigenvalue weighted by atomic mass is 32.2. The Labute approximate surface area is 144 Å². The number of benzene rings is 2. The maximum absolute atomic E-state index is 12.9. The quantitative estimate of drug-likeness (QED) is 0.792. The predicted molar refractivity (Wildman–Crippen MR) is 96.9 cm³/mol. The fourth-order valence-corrected chi connectivity index (χ4v) is 3.94. The molecule has 0 aromatic heterocycles. The van der Waals surface area contributed by atoms with E-state index in [4.69, 9.17) is 5.73 Å². The van der Waals surface area contributed by atoms with E-state index in [2.05, 4.69) is 0 Å². The van der Waals surface area contributed by atoms with Crippen molar-refractivity contribution in [2.24, 2.45) is 5.73 Å². The van der Waals surface area contributed by atoms with E-state index >= 15 is 0 Å². The minimum Gasteiger partial charge on any atom is -0.329 e. The second-order valence-corrected chi connectivity index (χ2v) is 7.93. The number of nitrogens with zero attached hydrogens (tertiary/aromatic N) is 2. The zero-order valence-corrected chi connectivity index (χ0v) is 15.0. The van der Waals surface area contributed by atoms with Crippen LogP contribution in [0, 0.1) is 0 Å². The van der Waals surface area contributed by atoms with Gasteiger partial charge in [0.2, 0.25) is 10.0 Å². The number of sulfonamides is 1. The lowest BCUT2D eigenvalue weighted by atomic mass is 10.2. The Hall–Kier alpha value is -1.73. The van der Waals surface area contributed by atoms with Crippen LogP contribution in [-0.2, 0) is 23.1 Å². The van der Waals surface area contributed by atoms with Crippen LogP contribution in [0.5, 0.6) is 0 Å². The van der Waals surface area contributed by atoms with Gasteiger partial charge in [0.25, 0.3) is 0 Å². The van der Waals surface area contributed by atoms with Gasteiger partial charge in [-0.2, -0.15) is 4.31 Å². The van der Waals surface area contributed by atoms with E-state index in [1.165, 1.54) is 4.31 Å². The van der Waals surface area contributed by atoms with Crippen molar-refractivity contribution in [3.8, 4) is 0 Å². The molecular formula is C18H25N3O2S. The highest BCUT2D eigenvalue weighted by Gasteiger charge is 2.24. The van der Waals surface area contributed by atoms with E-state index < -0.39 is 10.0 Å². The van der Waals surface area contributed by atoms with Crippen LogP contribution in [0.4, 0.5) is 0 Å². The van der Waals surface area contributed by atoms with Crippen molar-refractivity contribution in [3.63, 3.8) is 0 Å². The van der Waals surface area contributed by atoms with Crippen LogP contribution in [0.2, 0.25) is 0 Å². The van der Waals surface area contributed by atoms with Crippen LogP contribution in [0.25, 0.3) is 0 Å². The zero-order valence-electron chi connectivity index (χ0n) is 14.2. The maximum atomic E-state index is 12.9. The highest BCUT2D eigenvalue weighted by Crippen LogP contribution is 2.19. The SMILES string of the molecule is CN(C)Cc1ccc(S(=O)(=O)N(CCN)Cc2ccccc2)cc1. The van der Waals surface area contributed by atoms with Crippen LogP contribution in [0.3, 0.4) is 0 Å². The average molecular weight is 347 g/mol. The monoisotopic (exact) mass is 347 g/mol. The average Bonchev–Trinajstić information content (AvgIpc) is 2.55. The first-order chi connectivity index (χ1) is 11.4. The molecule has 6 heteroatoms. The number of hydrogen-bond donors (Lipinski definition) is 1. The molecule has 0 spiro atoms. The van der Waals surface area contributed by atoms with Gasteiger partial charge >= 0.3 is 0 Å². The van der Waals surface area contributed by atoms with E-state index in [1.807, 2.05) is 61.5 Å². The molecule has 0 bridgehead atoms. The second-order valence-electron chi connectivity index (χ2n) is 5.99. The van der Waals surface area contributed by atoms with Crippen molar-refractivity contribution in [3.05, 3.63) is 65.7 Å². The van der Waals surface area contributed by atoms with Crippen LogP contribution in [0.1, 0.15) is 11.1 Å². The Morgan fingerprint density at radius 3 is 2.00 bits per heavy atom. The van der Waals surface area contributed by atoms with E-state index in [0.717, 1.165) is 17.7 Å². The number of rotatable bonds is 8. The molecule has 2 aromatic rings. The van der Waals surface area contributed by atoms with Gasteiger partial charge in [-0.1, -0.05) is 42.5 Å². The zero-order chi connectivity index (χ0) is 17.6. The summed E-state index contributed by atoms with van der Waals surface area (Å²) in [7, 11) is 0.392. The standard InChI is InChI=1S/C18H25N3O2S/c1-20(2)14-17-8-10-18(11-9-17)24(22,23)21(13-12-19)15-16-6-4-3-5-7-16/h3-11H,12-15,19H2,1-2H3. The Bertz CT molecular complexity index is 729. The Kier molecular flexibility index (Phi) is 6.51. The summed E-state index contributed by atoms with van der Waals surface area (Å²) in [4.78, 5) is 2.34. The molecule has 130 valence electrons. The largest absolute Gasteiger partial charge is 0.329 e. The van der Waals surface area contributed by atoms with Crippen LogP contribution in [-0.4, -0.2) is 44.8 Å². The Balaban J connectivity index is 2.24. The molecule has 0 aliphatic rings. The van der Waals surface area contributed by atoms with E-state index in [-0.39, 0.29) is 13.1 Å². The molecule has 2 N–H and O–H groups in total. The lowest BCUT2D eigenvalue weighted by Crippen LogP contribution is -2.34. The summed E-state index contributed by atoms with van der Waals surface area (Å²) >= 11 is 0. The number of nitrogens with two attached hydrogens (primary N) is 1. The smallest absolute Gasteiger partial charge is 0.243 e. The lowest BCUT2D eigenvalue weighted by molar-refractivity contribution is 0.402. The van der Waals surface area contributed by atoms with Crippen molar-refractivity contribution in [2.45, 2.75) is 18.0 Å². The molecule has 24 heavy (non-hydrogen) atoms. The molecule has 0 fully saturated rings. The molecule has 0 saturated carbocycles. The molecule has 0 atom stereocenters. The summed E-state index contributed by atoms with van der Waals surface area (Å²) in [5.74, 6) is 0. The third kappa shape index (κ3) is 4.88. The summed E-state index contributed by atoms with van der Waals surface area (Å²) in [6.07, 6.45) is 0. The van der Waals surface area contributed by atoms with E-state index in [0.29, 0.717) is 11.4 Å². The summed E-state index contributed by atoms with van der Waals surface area (Å²) in [5, 5.41) is 0. The van der Waals surface area contributed by atoms with Gasteiger partial charge in [-0.3, -0.25) is 0 Å². The topological polar surface area (TPSA) is 66.6 Å². The Morgan fingerprint density at radius 2 is 1.46 bits per heavy atom. The summed E-state index contributed by atoms with van der Waals surface area (Å²) in [6, 6.07) is 16.6. The number of hydrogen-bond acceptors (Lipinski definition) is 4. The first-order valence-corrected chi connectivity index (χ1v) is 9.35. The van der Waals surface area contributed by atoms with Crippen molar-refractivity contribution < 1.29 is 8.42 Å². The molecule has 0 amide bonds. The molecule has 0 radical (unpaired) electrons. The van der Waals surface area contributed by atoms with Gasteiger partial charge in [-0.15, -0.1) is 0 Å². The van der Waals surface area contributed by atoms with Gasteiger partial charge in [-0.05, 0) is 37.4 Å². The van der Waals surface area contributed by atoms with Gasteiger partial charge in [0.1, 0.15) is 0 Å². The van der Waals surface area contributed by atoms with Crippen molar-refractivity contribution in [1.82, 2.24) is 9.21 Å². The van der Waals surface area contributed by atoms with Gasteiger partial charge in [0.05, 0.1) is 4.90 Å². The second kappa shape index (κ2) is 8.39. The van der Waals surface area contributed by atoms with Gasteiger partial charge in [0, 0.05) is 26.2 Å². The molecule has 0 aliphatic carbocycles. The van der Waals surface area contributed by atoms with E-state index in [1.54, 1.807) is 12.1 Å². The molecular weight excluding hydrogens is 322 g/mol. The minimum atomic E-state index is -3.57. The fourth-order valence-electron chi connectivity index (χ4n) is 2.50. The third-order valence-corrected chi connectivity index (χ3v) is 5.50. The van der Waals surface area contributed by atoms with Crippen LogP contribution >= 0.6 is 0 Å². The molecule has 5 nitrogen and oxygen atoms in total. The lowest BCUT2D eigenvalue weighted by Gasteiger charge is -2.22. The van der Waals surface area contributed by atoms with Crippen molar-refractivity contribution in [2.75, 3.05) is 27.2 Å². The van der Waals surface area contributed by atoms with Crippen molar-refractivity contribution >= 4 is 10.0 Å². The third-order valence-electron chi connectivity index (χ3n) is 3.64. The molecule has 0 heterocycles. The first-order valence-electron chi connectivity index (χ1n) is 7.91. The molecule has 2 rings (SSSR count). The molecule has 2 aromatic carbocycles. The van der Waals surface area contributed by atoms with Crippen molar-refractivity contribution in [1.29, 1.82) is 0 Å². The minimum absolute atomic E-state index is 0.283. The Morgan fingerprint density at radius 1 is 0.875 bits per heavy atom. The summed E-state index contributed by atoms with van der Waals surface area (Å²) in [5.41, 5.74) is 7.64. The van der Waals surface area contributed by atoms with Crippen LogP contribution < -0.4 is 5.73 Å². The normalized spacial score (nSPS) is 12.0. The van der Waals surface area contributed by atoms with Gasteiger partial charge in [-0.25, -0.2) is 8.42 Å². The first kappa shape index (κ1) is 18.6. The highest BCUT2D eigenvalue weighted by molar-refractivity contribution is 7.89. The molecule has 0 unspecified atom stereocenters. The van der Waals surface area contributed by atoms with E-state index in [9.17, 15) is 8.42 Å². The summed E-state index contributed by atoms with van der Waals surface area (Å²) in [6.45, 7) is 1.66. The van der Waals surface area contributed by atoms with Crippen LogP contribution in [0.15, 0.2) is 59.5 Å².